The van der Waals surface area contributed by atoms with E-state index in [9.17, 15) is 18.0 Å². The minimum atomic E-state index is -4.30. The third-order valence-corrected chi connectivity index (χ3v) is 2.73. The zero-order chi connectivity index (χ0) is 14.5. The van der Waals surface area contributed by atoms with Crippen LogP contribution < -0.4 is 10.6 Å². The lowest BCUT2D eigenvalue weighted by Crippen LogP contribution is -2.43. The largest absolute Gasteiger partial charge is 0.390 e. The predicted octanol–water partition coefficient (Wildman–Crippen LogP) is 2.40. The Morgan fingerprint density at radius 2 is 1.84 bits per heavy atom. The molecule has 2 N–H and O–H groups in total. The Morgan fingerprint density at radius 1 is 1.26 bits per heavy atom. The van der Waals surface area contributed by atoms with E-state index in [1.165, 1.54) is 14.0 Å². The summed E-state index contributed by atoms with van der Waals surface area (Å²) >= 11 is 0. The van der Waals surface area contributed by atoms with Crippen molar-refractivity contribution < 1.29 is 18.0 Å². The topological polar surface area (TPSA) is 41.1 Å². The number of alkyl halides is 3. The molecule has 0 radical (unpaired) electrons. The fourth-order valence-electron chi connectivity index (χ4n) is 1.78. The highest BCUT2D eigenvalue weighted by Gasteiger charge is 2.33. The van der Waals surface area contributed by atoms with Crippen molar-refractivity contribution in [2.24, 2.45) is 0 Å². The molecule has 1 aromatic rings. The maximum Gasteiger partial charge on any atom is 0.390 e. The van der Waals surface area contributed by atoms with E-state index in [0.717, 1.165) is 0 Å². The molecular weight excluding hydrogens is 257 g/mol. The molecule has 1 aromatic carbocycles. The van der Waals surface area contributed by atoms with E-state index in [1.807, 2.05) is 0 Å². The quantitative estimate of drug-likeness (QED) is 0.865. The zero-order valence-corrected chi connectivity index (χ0v) is 10.8. The van der Waals surface area contributed by atoms with E-state index in [1.54, 1.807) is 30.3 Å². The first-order valence-electron chi connectivity index (χ1n) is 5.93. The summed E-state index contributed by atoms with van der Waals surface area (Å²) in [4.78, 5) is 11.4. The minimum absolute atomic E-state index is 0.344. The summed E-state index contributed by atoms with van der Waals surface area (Å²) in [5, 5.41) is 5.11. The van der Waals surface area contributed by atoms with Crippen molar-refractivity contribution in [3.8, 4) is 0 Å². The standard InChI is InChI=1S/C13H17F3N2O/c1-9(12(19)17-2)18-11(8-13(14,15)16)10-6-4-3-5-7-10/h3-7,9,11,18H,8H2,1-2H3,(H,17,19). The number of rotatable bonds is 5. The van der Waals surface area contributed by atoms with Gasteiger partial charge in [-0.15, -0.1) is 0 Å². The maximum absolute atomic E-state index is 12.6. The smallest absolute Gasteiger partial charge is 0.358 e. The second kappa shape index (κ2) is 6.56. The van der Waals surface area contributed by atoms with Crippen molar-refractivity contribution in [3.05, 3.63) is 35.9 Å². The number of nitrogens with one attached hydrogen (secondary N) is 2. The van der Waals surface area contributed by atoms with Crippen molar-refractivity contribution >= 4 is 5.91 Å². The SMILES string of the molecule is CNC(=O)C(C)NC(CC(F)(F)F)c1ccccc1. The minimum Gasteiger partial charge on any atom is -0.358 e. The number of hydrogen-bond acceptors (Lipinski definition) is 2. The van der Waals surface area contributed by atoms with Crippen molar-refractivity contribution in [1.82, 2.24) is 10.6 Å². The van der Waals surface area contributed by atoms with Crippen molar-refractivity contribution in [1.29, 1.82) is 0 Å². The first-order valence-corrected chi connectivity index (χ1v) is 5.93. The second-order valence-corrected chi connectivity index (χ2v) is 4.29. The Morgan fingerprint density at radius 3 is 2.32 bits per heavy atom. The zero-order valence-electron chi connectivity index (χ0n) is 10.8. The van der Waals surface area contributed by atoms with Gasteiger partial charge in [-0.05, 0) is 12.5 Å². The molecule has 0 aliphatic carbocycles. The molecule has 0 bridgehead atoms. The lowest BCUT2D eigenvalue weighted by Gasteiger charge is -2.24. The summed E-state index contributed by atoms with van der Waals surface area (Å²) in [6.45, 7) is 1.53. The third kappa shape index (κ3) is 5.30. The van der Waals surface area contributed by atoms with E-state index in [4.69, 9.17) is 0 Å². The van der Waals surface area contributed by atoms with Crippen LogP contribution in [0.5, 0.6) is 0 Å². The van der Waals surface area contributed by atoms with Crippen LogP contribution in [-0.4, -0.2) is 25.2 Å². The van der Waals surface area contributed by atoms with Gasteiger partial charge in [0.25, 0.3) is 0 Å². The maximum atomic E-state index is 12.6. The van der Waals surface area contributed by atoms with Crippen LogP contribution in [0.1, 0.15) is 24.9 Å². The van der Waals surface area contributed by atoms with Gasteiger partial charge in [0.15, 0.2) is 0 Å². The van der Waals surface area contributed by atoms with Gasteiger partial charge in [-0.3, -0.25) is 10.1 Å². The number of amides is 1. The Kier molecular flexibility index (Phi) is 5.35. The lowest BCUT2D eigenvalue weighted by atomic mass is 10.0. The molecule has 3 nitrogen and oxygen atoms in total. The molecule has 1 rings (SSSR count). The third-order valence-electron chi connectivity index (χ3n) is 2.73. The second-order valence-electron chi connectivity index (χ2n) is 4.29. The van der Waals surface area contributed by atoms with E-state index in [-0.39, 0.29) is 5.91 Å². The predicted molar refractivity (Wildman–Crippen MR) is 66.5 cm³/mol. The molecule has 0 saturated carbocycles. The fourth-order valence-corrected chi connectivity index (χ4v) is 1.78. The van der Waals surface area contributed by atoms with Crippen LogP contribution in [-0.2, 0) is 4.79 Å². The van der Waals surface area contributed by atoms with Gasteiger partial charge in [0.05, 0.1) is 12.5 Å². The van der Waals surface area contributed by atoms with Gasteiger partial charge < -0.3 is 5.32 Å². The molecule has 6 heteroatoms. The first-order chi connectivity index (χ1) is 8.83. The number of benzene rings is 1. The first kappa shape index (κ1) is 15.5. The van der Waals surface area contributed by atoms with Gasteiger partial charge >= 0.3 is 6.18 Å². The fraction of sp³-hybridized carbons (Fsp3) is 0.462. The monoisotopic (exact) mass is 274 g/mol. The van der Waals surface area contributed by atoms with E-state index >= 15 is 0 Å². The van der Waals surface area contributed by atoms with Crippen molar-refractivity contribution in [2.75, 3.05) is 7.05 Å². The van der Waals surface area contributed by atoms with Crippen molar-refractivity contribution in [3.63, 3.8) is 0 Å². The molecule has 0 aliphatic heterocycles. The number of hydrogen-bond donors (Lipinski definition) is 2. The van der Waals surface area contributed by atoms with Gasteiger partial charge in [-0.25, -0.2) is 0 Å². The number of halogens is 3. The van der Waals surface area contributed by atoms with Gasteiger partial charge in [-0.2, -0.15) is 13.2 Å². The van der Waals surface area contributed by atoms with Crippen LogP contribution >= 0.6 is 0 Å². The van der Waals surface area contributed by atoms with Crippen molar-refractivity contribution in [2.45, 2.75) is 31.6 Å². The normalized spacial score (nSPS) is 14.8. The van der Waals surface area contributed by atoms with Gasteiger partial charge in [0.1, 0.15) is 0 Å². The van der Waals surface area contributed by atoms with Crippen LogP contribution in [0.15, 0.2) is 30.3 Å². The molecule has 0 heterocycles. The van der Waals surface area contributed by atoms with E-state index in [0.29, 0.717) is 5.56 Å². The number of carbonyl (C=O) groups is 1. The molecule has 0 spiro atoms. The molecule has 0 aromatic heterocycles. The molecule has 1 amide bonds. The van der Waals surface area contributed by atoms with Crippen LogP contribution in [0.4, 0.5) is 13.2 Å². The van der Waals surface area contributed by atoms with Gasteiger partial charge in [-0.1, -0.05) is 30.3 Å². The Balaban J connectivity index is 2.85. The van der Waals surface area contributed by atoms with Crippen LogP contribution in [0.3, 0.4) is 0 Å². The number of likely N-dealkylation sites (N-methyl/N-ethyl adjacent to an activating group) is 1. The summed E-state index contributed by atoms with van der Waals surface area (Å²) in [6.07, 6.45) is -5.31. The summed E-state index contributed by atoms with van der Waals surface area (Å²) in [5.41, 5.74) is 0.510. The lowest BCUT2D eigenvalue weighted by molar-refractivity contribution is -0.142. The Hall–Kier alpha value is -1.56. The highest BCUT2D eigenvalue weighted by Crippen LogP contribution is 2.29. The highest BCUT2D eigenvalue weighted by atomic mass is 19.4. The molecule has 2 atom stereocenters. The number of carbonyl (C=O) groups excluding carboxylic acids is 1. The van der Waals surface area contributed by atoms with E-state index < -0.39 is 24.7 Å². The molecule has 2 unspecified atom stereocenters. The summed E-state index contributed by atoms with van der Waals surface area (Å²) in [5.74, 6) is -0.344. The van der Waals surface area contributed by atoms with Crippen LogP contribution in [0, 0.1) is 0 Å². The Labute approximate surface area is 110 Å². The Bertz CT molecular complexity index is 406. The molecular formula is C13H17F3N2O. The summed E-state index contributed by atoms with van der Waals surface area (Å²) in [7, 11) is 1.45. The molecule has 0 fully saturated rings. The van der Waals surface area contributed by atoms with E-state index in [2.05, 4.69) is 10.6 Å². The molecule has 0 saturated heterocycles. The average Bonchev–Trinajstić information content (AvgIpc) is 2.36. The summed E-state index contributed by atoms with van der Waals surface area (Å²) < 4.78 is 37.8. The average molecular weight is 274 g/mol. The van der Waals surface area contributed by atoms with Gasteiger partial charge in [0.2, 0.25) is 5.91 Å². The molecule has 106 valence electrons. The molecule has 19 heavy (non-hydrogen) atoms. The molecule has 0 aliphatic rings. The summed E-state index contributed by atoms with van der Waals surface area (Å²) in [6, 6.07) is 6.66. The van der Waals surface area contributed by atoms with Gasteiger partial charge in [0, 0.05) is 13.1 Å². The van der Waals surface area contributed by atoms with Crippen LogP contribution in [0.2, 0.25) is 0 Å². The highest BCUT2D eigenvalue weighted by molar-refractivity contribution is 5.80. The van der Waals surface area contributed by atoms with Crippen LogP contribution in [0.25, 0.3) is 0 Å².